The summed E-state index contributed by atoms with van der Waals surface area (Å²) in [5, 5.41) is 93.9. The highest BCUT2D eigenvalue weighted by molar-refractivity contribution is 5.82. The molecule has 5 fully saturated rings. The molecule has 0 bridgehead atoms. The first kappa shape index (κ1) is 53.1. The SMILES string of the molecule is C[C@H](Nc1cc(O/N=[N+](\[O-])N(C)CCO)c([N+](=O)[O-])cc1[N+](=O)[O-])C(=O)O[C@H]1CC[C@]2(C)[C@H]3CC=C4[C@@H]5CC(C)(C)CC[C@]5(C(=O)O[C@@H]5O[C@H](CO)[C@H](O)[C@H](O)[C@H]5O)CC[C@@]4(C)[C@]3(C)CC[C@H]2C1(C)C. The van der Waals surface area contributed by atoms with E-state index in [1.54, 1.807) is 0 Å². The minimum absolute atomic E-state index is 0.0572. The van der Waals surface area contributed by atoms with Crippen LogP contribution in [-0.4, -0.2) is 127 Å². The second-order valence-electron chi connectivity index (χ2n) is 23.0. The first-order chi connectivity index (χ1) is 32.6. The van der Waals surface area contributed by atoms with Crippen LogP contribution in [0.4, 0.5) is 17.1 Å². The average Bonchev–Trinajstić information content (AvgIpc) is 3.29. The fourth-order valence-electron chi connectivity index (χ4n) is 14.1. The van der Waals surface area contributed by atoms with Crippen molar-refractivity contribution in [3.05, 3.63) is 49.2 Å². The van der Waals surface area contributed by atoms with Gasteiger partial charge in [-0.25, -0.2) is 4.79 Å². The number of nitrogens with zero attached hydrogens (tertiary/aromatic N) is 5. The molecule has 22 heteroatoms. The van der Waals surface area contributed by atoms with Gasteiger partial charge in [0.25, 0.3) is 5.69 Å². The van der Waals surface area contributed by atoms with Crippen molar-refractivity contribution in [3.63, 3.8) is 0 Å². The number of hydrazine groups is 1. The molecule has 5 aliphatic carbocycles. The molecule has 6 N–H and O–H groups in total. The molecule has 4 saturated carbocycles. The average molecular weight is 989 g/mol. The number of anilines is 1. The van der Waals surface area contributed by atoms with E-state index in [9.17, 15) is 55.5 Å². The molecular weight excluding hydrogens is 917 g/mol. The summed E-state index contributed by atoms with van der Waals surface area (Å²) >= 11 is 0. The molecule has 70 heavy (non-hydrogen) atoms. The van der Waals surface area contributed by atoms with Gasteiger partial charge in [-0.2, -0.15) is 0 Å². The lowest BCUT2D eigenvalue weighted by molar-refractivity contribution is -0.701. The molecule has 1 heterocycles. The number of likely N-dealkylation sites (N-methyl/N-ethyl adjacent to an activating group) is 1. The zero-order valence-corrected chi connectivity index (χ0v) is 41.7. The maximum Gasteiger partial charge on any atom is 0.328 e. The Balaban J connectivity index is 1.10. The fraction of sp³-hybridized carbons (Fsp3) is 0.792. The number of aliphatic hydroxyl groups is 5. The molecule has 0 radical (unpaired) electrons. The Bertz CT molecular complexity index is 2280. The van der Waals surface area contributed by atoms with Gasteiger partial charge in [0.2, 0.25) is 17.3 Å². The third-order valence-corrected chi connectivity index (χ3v) is 18.4. The quantitative estimate of drug-likeness (QED) is 0.0337. The molecule has 390 valence electrons. The minimum atomic E-state index is -1.70. The number of benzene rings is 1. The monoisotopic (exact) mass is 989 g/mol. The van der Waals surface area contributed by atoms with E-state index in [1.807, 2.05) is 0 Å². The predicted molar refractivity (Wildman–Crippen MR) is 248 cm³/mol. The van der Waals surface area contributed by atoms with E-state index in [4.69, 9.17) is 24.2 Å². The molecule has 7 rings (SSSR count). The summed E-state index contributed by atoms with van der Waals surface area (Å²) in [6, 6.07) is 0.390. The van der Waals surface area contributed by atoms with Gasteiger partial charge in [-0.3, -0.25) is 29.9 Å². The summed E-state index contributed by atoms with van der Waals surface area (Å²) < 4.78 is 17.9. The minimum Gasteiger partial charge on any atom is -0.569 e. The van der Waals surface area contributed by atoms with E-state index in [1.165, 1.54) is 19.5 Å². The third-order valence-electron chi connectivity index (χ3n) is 18.4. The number of allylic oxidation sites excluding steroid dienone is 2. The van der Waals surface area contributed by atoms with Gasteiger partial charge < -0.3 is 50.3 Å². The topological polar surface area (TPSA) is 312 Å². The number of esters is 2. The van der Waals surface area contributed by atoms with Gasteiger partial charge in [0.1, 0.15) is 48.3 Å². The predicted octanol–water partition coefficient (Wildman–Crippen LogP) is 5.46. The van der Waals surface area contributed by atoms with Gasteiger partial charge in [-0.15, -0.1) is 5.01 Å². The molecule has 0 unspecified atom stereocenters. The largest absolute Gasteiger partial charge is 0.569 e. The van der Waals surface area contributed by atoms with Crippen LogP contribution >= 0.6 is 0 Å². The van der Waals surface area contributed by atoms with Crippen molar-refractivity contribution in [2.45, 2.75) is 162 Å². The Morgan fingerprint density at radius 2 is 1.56 bits per heavy atom. The number of nitrogens with one attached hydrogen (secondary N) is 1. The highest BCUT2D eigenvalue weighted by atomic mass is 16.7. The van der Waals surface area contributed by atoms with Crippen LogP contribution in [0.1, 0.15) is 120 Å². The molecule has 14 atom stereocenters. The van der Waals surface area contributed by atoms with E-state index < -0.39 is 106 Å². The number of carbonyl (C=O) groups excluding carboxylic acids is 2. The van der Waals surface area contributed by atoms with Crippen molar-refractivity contribution in [3.8, 4) is 5.75 Å². The lowest BCUT2D eigenvalue weighted by Crippen LogP contribution is -2.65. The maximum atomic E-state index is 14.7. The van der Waals surface area contributed by atoms with Crippen LogP contribution in [0.2, 0.25) is 0 Å². The van der Waals surface area contributed by atoms with Gasteiger partial charge in [0.15, 0.2) is 0 Å². The Kier molecular flexibility index (Phi) is 14.4. The van der Waals surface area contributed by atoms with Crippen molar-refractivity contribution in [1.29, 1.82) is 0 Å². The third kappa shape index (κ3) is 8.87. The number of hydrogen-bond donors (Lipinski definition) is 6. The molecule has 1 aromatic rings. The number of nitro benzene ring substituents is 2. The molecule has 0 amide bonds. The lowest BCUT2D eigenvalue weighted by atomic mass is 9.33. The number of hydrogen-bond acceptors (Lipinski definition) is 18. The first-order valence-electron chi connectivity index (χ1n) is 24.5. The number of rotatable bonds is 14. The smallest absolute Gasteiger partial charge is 0.328 e. The number of ether oxygens (including phenoxy) is 3. The molecule has 0 spiro atoms. The van der Waals surface area contributed by atoms with Gasteiger partial charge in [-0.05, 0) is 111 Å². The van der Waals surface area contributed by atoms with E-state index in [-0.39, 0.29) is 56.6 Å². The molecule has 22 nitrogen and oxygen atoms in total. The van der Waals surface area contributed by atoms with Crippen LogP contribution in [0.5, 0.6) is 5.75 Å². The molecule has 1 aliphatic heterocycles. The first-order valence-corrected chi connectivity index (χ1v) is 24.5. The van der Waals surface area contributed by atoms with Crippen LogP contribution in [0, 0.1) is 75.7 Å². The summed E-state index contributed by atoms with van der Waals surface area (Å²) in [6.45, 7) is 16.2. The van der Waals surface area contributed by atoms with Crippen molar-refractivity contribution in [2.75, 3.05) is 32.1 Å². The van der Waals surface area contributed by atoms with Crippen LogP contribution in [-0.2, 0) is 23.8 Å². The Morgan fingerprint density at radius 3 is 2.20 bits per heavy atom. The van der Waals surface area contributed by atoms with Crippen molar-refractivity contribution >= 4 is 29.0 Å². The second-order valence-corrected chi connectivity index (χ2v) is 23.0. The van der Waals surface area contributed by atoms with Crippen molar-refractivity contribution < 1.29 is 69.0 Å². The Morgan fingerprint density at radius 1 is 0.886 bits per heavy atom. The number of aliphatic hydroxyl groups excluding tert-OH is 5. The van der Waals surface area contributed by atoms with E-state index in [2.05, 4.69) is 65.1 Å². The van der Waals surface area contributed by atoms with Gasteiger partial charge in [0.05, 0.1) is 47.0 Å². The number of fused-ring (bicyclic) bond motifs is 7. The summed E-state index contributed by atoms with van der Waals surface area (Å²) in [4.78, 5) is 55.9. The van der Waals surface area contributed by atoms with E-state index in [0.29, 0.717) is 25.3 Å². The van der Waals surface area contributed by atoms with E-state index in [0.717, 1.165) is 56.0 Å². The molecule has 1 saturated heterocycles. The van der Waals surface area contributed by atoms with Crippen LogP contribution in [0.15, 0.2) is 29.1 Å². The van der Waals surface area contributed by atoms with Crippen LogP contribution in [0.25, 0.3) is 0 Å². The maximum absolute atomic E-state index is 14.7. The van der Waals surface area contributed by atoms with Gasteiger partial charge in [-0.1, -0.05) is 60.1 Å². The zero-order valence-electron chi connectivity index (χ0n) is 41.7. The molecule has 1 aromatic carbocycles. The summed E-state index contributed by atoms with van der Waals surface area (Å²) in [5.41, 5.74) is -2.75. The van der Waals surface area contributed by atoms with Crippen LogP contribution in [0.3, 0.4) is 0 Å². The fourth-order valence-corrected chi connectivity index (χ4v) is 14.1. The van der Waals surface area contributed by atoms with Crippen molar-refractivity contribution in [1.82, 2.24) is 5.01 Å². The molecule has 0 aromatic heterocycles. The summed E-state index contributed by atoms with van der Waals surface area (Å²) in [7, 11) is 1.28. The highest BCUT2D eigenvalue weighted by Crippen LogP contribution is 2.76. The van der Waals surface area contributed by atoms with Crippen molar-refractivity contribution in [2.24, 2.45) is 55.5 Å². The lowest BCUT2D eigenvalue weighted by Gasteiger charge is -2.71. The molecular formula is C48H72N6O16. The normalized spacial score (nSPS) is 37.9. The number of carbonyl (C=O) groups is 2. The van der Waals surface area contributed by atoms with Gasteiger partial charge >= 0.3 is 17.6 Å². The Labute approximate surface area is 407 Å². The standard InChI is InChI=1S/C48H72N6O16/c1-26(49-29-22-32(70-50-54(66)51(9)20-21-55)31(53(64)65)23-30(29)52(62)63)40(60)68-36-13-14-45(6)34(44(36,4)5)12-15-47(8)35(45)11-10-27-28-24-43(2,3)16-18-48(28,19-17-46(27,47)7)42(61)69-41-39(59)38(58)37(57)33(25-56)67-41/h10,22-23,26,28,33-39,41,49,55-59H,11-21,24-25H2,1-9H3/b54-50-/t26-,28-,33+,34-,35+,36-,37-,38-,39+,41-,45-,46+,47+,48-/m0/s1. The molecule has 6 aliphatic rings. The van der Waals surface area contributed by atoms with E-state index >= 15 is 0 Å². The number of nitro groups is 2. The van der Waals surface area contributed by atoms with Crippen LogP contribution < -0.4 is 10.2 Å². The highest BCUT2D eigenvalue weighted by Gasteiger charge is 2.70. The summed E-state index contributed by atoms with van der Waals surface area (Å²) in [5.74, 6) is -1.60. The zero-order chi connectivity index (χ0) is 51.7. The second kappa shape index (κ2) is 19.0. The Hall–Kier alpha value is -4.74. The summed E-state index contributed by atoms with van der Waals surface area (Å²) in [6.07, 6.45) is 1.32. The van der Waals surface area contributed by atoms with Gasteiger partial charge in [0, 0.05) is 11.5 Å².